The van der Waals surface area contributed by atoms with Crippen LogP contribution in [0.1, 0.15) is 33.1 Å². The van der Waals surface area contributed by atoms with Crippen LogP contribution < -0.4 is 11.1 Å². The van der Waals surface area contributed by atoms with Gasteiger partial charge in [0.15, 0.2) is 0 Å². The molecule has 0 aromatic carbocycles. The van der Waals surface area contributed by atoms with Crippen molar-refractivity contribution in [2.45, 2.75) is 45.3 Å². The number of hydrogen-bond acceptors (Lipinski definition) is 3. The van der Waals surface area contributed by atoms with Crippen LogP contribution in [0.4, 0.5) is 0 Å². The standard InChI is InChI=1S/C11H22N2O2/c1-8(2)13-11(14)9(7-12)6-10-4-3-5-15-10/h8-10H,3-7,12H2,1-2H3,(H,13,14). The van der Waals surface area contributed by atoms with Crippen LogP contribution in [0.3, 0.4) is 0 Å². The number of hydrogen-bond donors (Lipinski definition) is 2. The van der Waals surface area contributed by atoms with Crippen molar-refractivity contribution in [3.05, 3.63) is 0 Å². The predicted molar refractivity (Wildman–Crippen MR) is 59.4 cm³/mol. The number of carbonyl (C=O) groups excluding carboxylic acids is 1. The van der Waals surface area contributed by atoms with Crippen LogP contribution in [0.2, 0.25) is 0 Å². The van der Waals surface area contributed by atoms with Crippen molar-refractivity contribution in [3.63, 3.8) is 0 Å². The summed E-state index contributed by atoms with van der Waals surface area (Å²) in [5, 5.41) is 2.89. The Kier molecular flexibility index (Phi) is 5.05. The highest BCUT2D eigenvalue weighted by Gasteiger charge is 2.24. The molecule has 88 valence electrons. The summed E-state index contributed by atoms with van der Waals surface area (Å²) >= 11 is 0. The molecule has 0 saturated carbocycles. The fraction of sp³-hybridized carbons (Fsp3) is 0.909. The summed E-state index contributed by atoms with van der Waals surface area (Å²) in [4.78, 5) is 11.7. The third-order valence-corrected chi connectivity index (χ3v) is 2.66. The first-order valence-corrected chi connectivity index (χ1v) is 5.75. The normalized spacial score (nSPS) is 23.1. The van der Waals surface area contributed by atoms with Crippen molar-refractivity contribution in [2.24, 2.45) is 11.7 Å². The molecule has 0 aliphatic carbocycles. The van der Waals surface area contributed by atoms with Gasteiger partial charge in [0.25, 0.3) is 0 Å². The van der Waals surface area contributed by atoms with Gasteiger partial charge >= 0.3 is 0 Å². The van der Waals surface area contributed by atoms with Crippen LogP contribution >= 0.6 is 0 Å². The van der Waals surface area contributed by atoms with E-state index in [1.54, 1.807) is 0 Å². The third-order valence-electron chi connectivity index (χ3n) is 2.66. The van der Waals surface area contributed by atoms with E-state index >= 15 is 0 Å². The summed E-state index contributed by atoms with van der Waals surface area (Å²) in [6, 6.07) is 0.177. The van der Waals surface area contributed by atoms with E-state index in [-0.39, 0.29) is 24.0 Å². The molecule has 15 heavy (non-hydrogen) atoms. The fourth-order valence-electron chi connectivity index (χ4n) is 1.86. The molecule has 1 rings (SSSR count). The first kappa shape index (κ1) is 12.5. The SMILES string of the molecule is CC(C)NC(=O)C(CN)CC1CCCO1. The molecule has 1 amide bonds. The second kappa shape index (κ2) is 6.08. The molecule has 1 aliphatic heterocycles. The molecule has 1 heterocycles. The van der Waals surface area contributed by atoms with Crippen molar-refractivity contribution in [3.8, 4) is 0 Å². The lowest BCUT2D eigenvalue weighted by Crippen LogP contribution is -2.40. The zero-order valence-corrected chi connectivity index (χ0v) is 9.66. The molecule has 2 unspecified atom stereocenters. The highest BCUT2D eigenvalue weighted by molar-refractivity contribution is 5.79. The molecule has 1 aliphatic rings. The maximum absolute atomic E-state index is 11.7. The quantitative estimate of drug-likeness (QED) is 0.706. The minimum Gasteiger partial charge on any atom is -0.378 e. The van der Waals surface area contributed by atoms with Gasteiger partial charge in [-0.2, -0.15) is 0 Å². The molecule has 0 radical (unpaired) electrons. The maximum atomic E-state index is 11.7. The van der Waals surface area contributed by atoms with Gasteiger partial charge in [-0.1, -0.05) is 0 Å². The highest BCUT2D eigenvalue weighted by Crippen LogP contribution is 2.19. The lowest BCUT2D eigenvalue weighted by atomic mass is 9.99. The minimum absolute atomic E-state index is 0.0583. The highest BCUT2D eigenvalue weighted by atomic mass is 16.5. The predicted octanol–water partition coefficient (Wildman–Crippen LogP) is 0.655. The van der Waals surface area contributed by atoms with Crippen molar-refractivity contribution in [1.82, 2.24) is 5.32 Å². The summed E-state index contributed by atoms with van der Waals surface area (Å²) in [6.07, 6.45) is 3.16. The van der Waals surface area contributed by atoms with Crippen molar-refractivity contribution >= 4 is 5.91 Å². The number of nitrogens with two attached hydrogens (primary N) is 1. The van der Waals surface area contributed by atoms with Crippen molar-refractivity contribution in [2.75, 3.05) is 13.2 Å². The number of rotatable bonds is 5. The van der Waals surface area contributed by atoms with E-state index in [0.29, 0.717) is 6.54 Å². The molecule has 4 heteroatoms. The molecule has 1 saturated heterocycles. The smallest absolute Gasteiger partial charge is 0.224 e. The summed E-state index contributed by atoms with van der Waals surface area (Å²) in [7, 11) is 0. The molecule has 0 bridgehead atoms. The van der Waals surface area contributed by atoms with Gasteiger partial charge in [-0.05, 0) is 33.1 Å². The molecule has 4 nitrogen and oxygen atoms in total. The lowest BCUT2D eigenvalue weighted by molar-refractivity contribution is -0.126. The van der Waals surface area contributed by atoms with Gasteiger partial charge < -0.3 is 15.8 Å². The van der Waals surface area contributed by atoms with E-state index in [4.69, 9.17) is 10.5 Å². The van der Waals surface area contributed by atoms with Gasteiger partial charge in [0.05, 0.1) is 12.0 Å². The van der Waals surface area contributed by atoms with E-state index in [9.17, 15) is 4.79 Å². The molecule has 2 atom stereocenters. The average Bonchev–Trinajstić information content (AvgIpc) is 2.65. The number of nitrogens with one attached hydrogen (secondary N) is 1. The summed E-state index contributed by atoms with van der Waals surface area (Å²) in [5.41, 5.74) is 5.61. The Morgan fingerprint density at radius 3 is 2.80 bits per heavy atom. The number of amides is 1. The minimum atomic E-state index is -0.101. The van der Waals surface area contributed by atoms with Crippen LogP contribution in [-0.4, -0.2) is 31.2 Å². The van der Waals surface area contributed by atoms with E-state index in [1.807, 2.05) is 13.8 Å². The average molecular weight is 214 g/mol. The van der Waals surface area contributed by atoms with Crippen LogP contribution in [0.25, 0.3) is 0 Å². The Morgan fingerprint density at radius 2 is 2.33 bits per heavy atom. The monoisotopic (exact) mass is 214 g/mol. The Morgan fingerprint density at radius 1 is 1.60 bits per heavy atom. The Labute approximate surface area is 91.5 Å². The molecular weight excluding hydrogens is 192 g/mol. The third kappa shape index (κ3) is 4.18. The van der Waals surface area contributed by atoms with Gasteiger partial charge in [-0.25, -0.2) is 0 Å². The Bertz CT molecular complexity index is 201. The molecule has 0 spiro atoms. The number of carbonyl (C=O) groups is 1. The number of ether oxygens (including phenoxy) is 1. The summed E-state index contributed by atoms with van der Waals surface area (Å²) in [5.74, 6) is -0.0431. The Hall–Kier alpha value is -0.610. The van der Waals surface area contributed by atoms with Crippen LogP contribution in [0.15, 0.2) is 0 Å². The van der Waals surface area contributed by atoms with Gasteiger partial charge in [-0.15, -0.1) is 0 Å². The van der Waals surface area contributed by atoms with Crippen molar-refractivity contribution in [1.29, 1.82) is 0 Å². The van der Waals surface area contributed by atoms with Gasteiger partial charge in [0.2, 0.25) is 5.91 Å². The topological polar surface area (TPSA) is 64.4 Å². The molecule has 3 N–H and O–H groups in total. The summed E-state index contributed by atoms with van der Waals surface area (Å²) < 4.78 is 5.50. The zero-order chi connectivity index (χ0) is 11.3. The fourth-order valence-corrected chi connectivity index (χ4v) is 1.86. The van der Waals surface area contributed by atoms with E-state index < -0.39 is 0 Å². The lowest BCUT2D eigenvalue weighted by Gasteiger charge is -2.19. The van der Waals surface area contributed by atoms with Gasteiger partial charge in [0.1, 0.15) is 0 Å². The van der Waals surface area contributed by atoms with Crippen LogP contribution in [0, 0.1) is 5.92 Å². The molecule has 0 aromatic heterocycles. The molecule has 0 aromatic rings. The Balaban J connectivity index is 2.36. The van der Waals surface area contributed by atoms with Gasteiger partial charge in [0, 0.05) is 19.2 Å². The first-order chi connectivity index (χ1) is 7.13. The van der Waals surface area contributed by atoms with Crippen LogP contribution in [-0.2, 0) is 9.53 Å². The molecular formula is C11H22N2O2. The molecule has 1 fully saturated rings. The second-order valence-corrected chi connectivity index (χ2v) is 4.47. The van der Waals surface area contributed by atoms with Crippen molar-refractivity contribution < 1.29 is 9.53 Å². The van der Waals surface area contributed by atoms with Crippen LogP contribution in [0.5, 0.6) is 0 Å². The first-order valence-electron chi connectivity index (χ1n) is 5.75. The van der Waals surface area contributed by atoms with E-state index in [0.717, 1.165) is 25.9 Å². The largest absolute Gasteiger partial charge is 0.378 e. The summed E-state index contributed by atoms with van der Waals surface area (Å²) in [6.45, 7) is 5.14. The zero-order valence-electron chi connectivity index (χ0n) is 9.66. The second-order valence-electron chi connectivity index (χ2n) is 4.47. The van der Waals surface area contributed by atoms with E-state index in [2.05, 4.69) is 5.32 Å². The maximum Gasteiger partial charge on any atom is 0.224 e. The van der Waals surface area contributed by atoms with E-state index in [1.165, 1.54) is 0 Å². The van der Waals surface area contributed by atoms with Gasteiger partial charge in [-0.3, -0.25) is 4.79 Å².